The molecule has 0 aromatic carbocycles. The zero-order chi connectivity index (χ0) is 16.1. The van der Waals surface area contributed by atoms with Crippen molar-refractivity contribution in [1.29, 1.82) is 0 Å². The molecule has 0 radical (unpaired) electrons. The van der Waals surface area contributed by atoms with Crippen LogP contribution < -0.4 is 10.5 Å². The van der Waals surface area contributed by atoms with Crippen LogP contribution in [0.4, 0.5) is 5.82 Å². The Morgan fingerprint density at radius 1 is 1.22 bits per heavy atom. The highest BCUT2D eigenvalue weighted by Crippen LogP contribution is 2.22. The van der Waals surface area contributed by atoms with Crippen molar-refractivity contribution < 1.29 is 4.74 Å². The molecule has 7 heteroatoms. The average molecular weight is 314 g/mol. The maximum absolute atomic E-state index is 5.91. The molecule has 0 amide bonds. The Labute approximate surface area is 135 Å². The summed E-state index contributed by atoms with van der Waals surface area (Å²) in [5, 5.41) is 0. The fraction of sp³-hybridized carbons (Fsp3) is 0.500. The molecule has 0 bridgehead atoms. The van der Waals surface area contributed by atoms with Crippen molar-refractivity contribution in [3.63, 3.8) is 0 Å². The predicted octanol–water partition coefficient (Wildman–Crippen LogP) is 1.31. The lowest BCUT2D eigenvalue weighted by atomic mass is 9.93. The second-order valence-electron chi connectivity index (χ2n) is 5.91. The predicted molar refractivity (Wildman–Crippen MR) is 86.7 cm³/mol. The summed E-state index contributed by atoms with van der Waals surface area (Å²) in [6.45, 7) is 2.98. The van der Waals surface area contributed by atoms with Gasteiger partial charge in [-0.3, -0.25) is 9.88 Å². The van der Waals surface area contributed by atoms with Crippen LogP contribution in [0.3, 0.4) is 0 Å². The third-order valence-electron chi connectivity index (χ3n) is 4.16. The van der Waals surface area contributed by atoms with E-state index in [4.69, 9.17) is 10.5 Å². The molecule has 122 valence electrons. The Kier molecular flexibility index (Phi) is 4.97. The van der Waals surface area contributed by atoms with Gasteiger partial charge in [0.25, 0.3) is 0 Å². The summed E-state index contributed by atoms with van der Waals surface area (Å²) >= 11 is 0. The van der Waals surface area contributed by atoms with Crippen LogP contribution in [0.2, 0.25) is 0 Å². The Hall–Kier alpha value is -2.28. The molecular weight excluding hydrogens is 292 g/mol. The highest BCUT2D eigenvalue weighted by molar-refractivity contribution is 5.33. The van der Waals surface area contributed by atoms with E-state index in [-0.39, 0.29) is 0 Å². The van der Waals surface area contributed by atoms with Gasteiger partial charge in [-0.15, -0.1) is 0 Å². The zero-order valence-electron chi connectivity index (χ0n) is 13.4. The summed E-state index contributed by atoms with van der Waals surface area (Å²) in [6, 6.07) is 0.406. The number of hydrogen-bond acceptors (Lipinski definition) is 7. The number of rotatable bonds is 5. The SMILES string of the molecule is COc1ncc(CN2CCC[C@H](Cc3nccnc3N)C2)cn1. The number of nitrogen functional groups attached to an aromatic ring is 1. The molecule has 1 aliphatic heterocycles. The smallest absolute Gasteiger partial charge is 0.316 e. The first-order valence-electron chi connectivity index (χ1n) is 7.87. The van der Waals surface area contributed by atoms with Crippen LogP contribution in [0.1, 0.15) is 24.1 Å². The number of aromatic nitrogens is 4. The fourth-order valence-corrected chi connectivity index (χ4v) is 3.06. The van der Waals surface area contributed by atoms with Crippen LogP contribution in [0.5, 0.6) is 6.01 Å². The van der Waals surface area contributed by atoms with Crippen LogP contribution >= 0.6 is 0 Å². The molecule has 23 heavy (non-hydrogen) atoms. The van der Waals surface area contributed by atoms with E-state index in [9.17, 15) is 0 Å². The van der Waals surface area contributed by atoms with E-state index in [1.54, 1.807) is 19.5 Å². The van der Waals surface area contributed by atoms with Crippen molar-refractivity contribution in [3.05, 3.63) is 36.0 Å². The minimum absolute atomic E-state index is 0.406. The van der Waals surface area contributed by atoms with Gasteiger partial charge in [0.2, 0.25) is 0 Å². The first-order chi connectivity index (χ1) is 11.2. The number of nitrogens with two attached hydrogens (primary N) is 1. The number of anilines is 1. The number of nitrogens with zero attached hydrogens (tertiary/aromatic N) is 5. The van der Waals surface area contributed by atoms with Crippen LogP contribution in [-0.2, 0) is 13.0 Å². The molecule has 2 N–H and O–H groups in total. The molecule has 2 aromatic heterocycles. The Morgan fingerprint density at radius 2 is 2.00 bits per heavy atom. The van der Waals surface area contributed by atoms with Gasteiger partial charge in [0.15, 0.2) is 0 Å². The molecule has 1 aliphatic rings. The monoisotopic (exact) mass is 314 g/mol. The Morgan fingerprint density at radius 3 is 2.74 bits per heavy atom. The zero-order valence-corrected chi connectivity index (χ0v) is 13.4. The van der Waals surface area contributed by atoms with Crippen LogP contribution in [0.25, 0.3) is 0 Å². The van der Waals surface area contributed by atoms with Crippen LogP contribution in [0.15, 0.2) is 24.8 Å². The van der Waals surface area contributed by atoms with Crippen LogP contribution in [-0.4, -0.2) is 45.0 Å². The summed E-state index contributed by atoms with van der Waals surface area (Å²) in [5.74, 6) is 1.11. The molecule has 7 nitrogen and oxygen atoms in total. The van der Waals surface area contributed by atoms with Gasteiger partial charge in [-0.25, -0.2) is 15.0 Å². The van der Waals surface area contributed by atoms with E-state index in [1.165, 1.54) is 12.8 Å². The standard InChI is InChI=1S/C16H22N6O/c1-23-16-20-8-13(9-21-16)11-22-6-2-3-12(10-22)7-14-15(17)19-5-4-18-14/h4-5,8-9,12H,2-3,6-7,10-11H2,1H3,(H2,17,19)/t12-/m1/s1. The third-order valence-corrected chi connectivity index (χ3v) is 4.16. The van der Waals surface area contributed by atoms with Gasteiger partial charge in [0, 0.05) is 43.4 Å². The molecule has 3 heterocycles. The summed E-state index contributed by atoms with van der Waals surface area (Å²) in [4.78, 5) is 19.3. The van der Waals surface area contributed by atoms with Gasteiger partial charge in [-0.05, 0) is 31.7 Å². The molecule has 3 rings (SSSR count). The Balaban J connectivity index is 1.58. The van der Waals surface area contributed by atoms with Gasteiger partial charge < -0.3 is 10.5 Å². The van der Waals surface area contributed by atoms with Gasteiger partial charge in [-0.1, -0.05) is 0 Å². The minimum atomic E-state index is 0.406. The fourth-order valence-electron chi connectivity index (χ4n) is 3.06. The van der Waals surface area contributed by atoms with Crippen molar-refractivity contribution >= 4 is 5.82 Å². The Bertz CT molecular complexity index is 633. The van der Waals surface area contributed by atoms with E-state index in [0.717, 1.165) is 37.3 Å². The van der Waals surface area contributed by atoms with E-state index >= 15 is 0 Å². The lowest BCUT2D eigenvalue weighted by Gasteiger charge is -2.32. The number of hydrogen-bond donors (Lipinski definition) is 1. The van der Waals surface area contributed by atoms with Crippen molar-refractivity contribution in [3.8, 4) is 6.01 Å². The lowest BCUT2D eigenvalue weighted by Crippen LogP contribution is -2.36. The molecule has 0 aliphatic carbocycles. The molecule has 1 saturated heterocycles. The lowest BCUT2D eigenvalue weighted by molar-refractivity contribution is 0.166. The van der Waals surface area contributed by atoms with Crippen molar-refractivity contribution in [2.45, 2.75) is 25.8 Å². The second kappa shape index (κ2) is 7.32. The van der Waals surface area contributed by atoms with Gasteiger partial charge >= 0.3 is 6.01 Å². The largest absolute Gasteiger partial charge is 0.467 e. The molecule has 0 spiro atoms. The highest BCUT2D eigenvalue weighted by Gasteiger charge is 2.21. The van der Waals surface area contributed by atoms with Crippen molar-refractivity contribution in [2.75, 3.05) is 25.9 Å². The summed E-state index contributed by atoms with van der Waals surface area (Å²) in [7, 11) is 1.57. The molecule has 1 atom stereocenters. The maximum Gasteiger partial charge on any atom is 0.316 e. The number of piperidine rings is 1. The summed E-state index contributed by atoms with van der Waals surface area (Å²) < 4.78 is 4.99. The minimum Gasteiger partial charge on any atom is -0.467 e. The molecular formula is C16H22N6O. The normalized spacial score (nSPS) is 18.7. The highest BCUT2D eigenvalue weighted by atomic mass is 16.5. The molecule has 2 aromatic rings. The summed E-state index contributed by atoms with van der Waals surface area (Å²) in [5.41, 5.74) is 7.92. The quantitative estimate of drug-likeness (QED) is 0.890. The van der Waals surface area contributed by atoms with Gasteiger partial charge in [-0.2, -0.15) is 0 Å². The molecule has 1 fully saturated rings. The van der Waals surface area contributed by atoms with Crippen LogP contribution in [0, 0.1) is 5.92 Å². The van der Waals surface area contributed by atoms with E-state index in [0.29, 0.717) is 17.7 Å². The number of likely N-dealkylation sites (tertiary alicyclic amines) is 1. The van der Waals surface area contributed by atoms with Gasteiger partial charge in [0.05, 0.1) is 12.8 Å². The summed E-state index contributed by atoms with van der Waals surface area (Å²) in [6.07, 6.45) is 10.3. The van der Waals surface area contributed by atoms with E-state index < -0.39 is 0 Å². The van der Waals surface area contributed by atoms with E-state index in [2.05, 4.69) is 24.8 Å². The average Bonchev–Trinajstić information content (AvgIpc) is 2.58. The third kappa shape index (κ3) is 4.13. The van der Waals surface area contributed by atoms with Crippen molar-refractivity contribution in [2.24, 2.45) is 5.92 Å². The molecule has 0 unspecified atom stereocenters. The number of methoxy groups -OCH3 is 1. The first-order valence-corrected chi connectivity index (χ1v) is 7.87. The van der Waals surface area contributed by atoms with Crippen molar-refractivity contribution in [1.82, 2.24) is 24.8 Å². The van der Waals surface area contributed by atoms with Gasteiger partial charge in [0.1, 0.15) is 5.82 Å². The number of ether oxygens (including phenoxy) is 1. The van der Waals surface area contributed by atoms with E-state index in [1.807, 2.05) is 12.4 Å². The first kappa shape index (κ1) is 15.6. The maximum atomic E-state index is 5.91. The topological polar surface area (TPSA) is 90.0 Å². The molecule has 0 saturated carbocycles. The second-order valence-corrected chi connectivity index (χ2v) is 5.91.